The largest absolute Gasteiger partial charge is 0.300 e. The van der Waals surface area contributed by atoms with Gasteiger partial charge in [0.2, 0.25) is 0 Å². The minimum atomic E-state index is 0.865. The van der Waals surface area contributed by atoms with Gasteiger partial charge in [-0.2, -0.15) is 0 Å². The van der Waals surface area contributed by atoms with Crippen LogP contribution in [0, 0.1) is 5.92 Å². The second-order valence-electron chi connectivity index (χ2n) is 5.75. The first-order valence-corrected chi connectivity index (χ1v) is 6.83. The molecule has 2 aliphatic rings. The first kappa shape index (κ1) is 12.3. The SMILES string of the molecule is CC1CCN(C2CCN(N(C)C)CC2)CC1. The molecular formula is C13H27N3. The van der Waals surface area contributed by atoms with Gasteiger partial charge in [0.15, 0.2) is 0 Å². The normalized spacial score (nSPS) is 27.8. The van der Waals surface area contributed by atoms with E-state index >= 15 is 0 Å². The zero-order valence-electron chi connectivity index (χ0n) is 11.2. The Morgan fingerprint density at radius 2 is 1.44 bits per heavy atom. The fraction of sp³-hybridized carbons (Fsp3) is 1.00. The quantitative estimate of drug-likeness (QED) is 0.708. The molecule has 16 heavy (non-hydrogen) atoms. The number of nitrogens with zero attached hydrogens (tertiary/aromatic N) is 3. The van der Waals surface area contributed by atoms with Crippen LogP contribution in [0.2, 0.25) is 0 Å². The monoisotopic (exact) mass is 225 g/mol. The van der Waals surface area contributed by atoms with E-state index in [1.54, 1.807) is 0 Å². The lowest BCUT2D eigenvalue weighted by molar-refractivity contribution is -0.0224. The van der Waals surface area contributed by atoms with Gasteiger partial charge in [-0.25, -0.2) is 10.0 Å². The molecule has 0 aromatic heterocycles. The van der Waals surface area contributed by atoms with E-state index in [2.05, 4.69) is 35.9 Å². The molecule has 2 heterocycles. The van der Waals surface area contributed by atoms with Crippen LogP contribution in [0.15, 0.2) is 0 Å². The molecule has 0 bridgehead atoms. The molecule has 0 unspecified atom stereocenters. The van der Waals surface area contributed by atoms with Crippen molar-refractivity contribution in [2.45, 2.75) is 38.6 Å². The Labute approximate surface area is 100 Å². The molecule has 3 nitrogen and oxygen atoms in total. The summed E-state index contributed by atoms with van der Waals surface area (Å²) in [5.74, 6) is 0.957. The van der Waals surface area contributed by atoms with E-state index in [-0.39, 0.29) is 0 Å². The standard InChI is InChI=1S/C13H27N3/c1-12-4-8-15(9-5-12)13-6-10-16(11-7-13)14(2)3/h12-13H,4-11H2,1-3H3. The number of hydrogen-bond acceptors (Lipinski definition) is 3. The van der Waals surface area contributed by atoms with E-state index in [9.17, 15) is 0 Å². The Bertz CT molecular complexity index is 201. The topological polar surface area (TPSA) is 9.72 Å². The van der Waals surface area contributed by atoms with Gasteiger partial charge in [0.1, 0.15) is 0 Å². The smallest absolute Gasteiger partial charge is 0.0148 e. The highest BCUT2D eigenvalue weighted by Crippen LogP contribution is 2.23. The molecule has 0 atom stereocenters. The summed E-state index contributed by atoms with van der Waals surface area (Å²) in [6.45, 7) is 7.56. The third-order valence-corrected chi connectivity index (χ3v) is 4.34. The maximum atomic E-state index is 2.74. The van der Waals surface area contributed by atoms with Gasteiger partial charge in [-0.05, 0) is 44.7 Å². The molecule has 0 saturated carbocycles. The molecule has 0 N–H and O–H groups in total. The van der Waals surface area contributed by atoms with Crippen molar-refractivity contribution in [3.63, 3.8) is 0 Å². The maximum Gasteiger partial charge on any atom is 0.0148 e. The molecule has 2 saturated heterocycles. The predicted octanol–water partition coefficient (Wildman–Crippen LogP) is 1.66. The van der Waals surface area contributed by atoms with Crippen LogP contribution in [-0.2, 0) is 0 Å². The fourth-order valence-corrected chi connectivity index (χ4v) is 3.01. The van der Waals surface area contributed by atoms with Gasteiger partial charge >= 0.3 is 0 Å². The lowest BCUT2D eigenvalue weighted by Gasteiger charge is -2.42. The second kappa shape index (κ2) is 5.48. The number of likely N-dealkylation sites (tertiary alicyclic amines) is 1. The zero-order valence-corrected chi connectivity index (χ0v) is 11.2. The highest BCUT2D eigenvalue weighted by atomic mass is 15.6. The Morgan fingerprint density at radius 1 is 0.875 bits per heavy atom. The van der Waals surface area contributed by atoms with Crippen LogP contribution in [0.1, 0.15) is 32.6 Å². The molecule has 2 rings (SSSR count). The van der Waals surface area contributed by atoms with E-state index in [1.807, 2.05) is 0 Å². The van der Waals surface area contributed by atoms with Gasteiger partial charge in [-0.1, -0.05) is 6.92 Å². The van der Waals surface area contributed by atoms with Crippen molar-refractivity contribution in [1.29, 1.82) is 0 Å². The molecule has 2 aliphatic heterocycles. The van der Waals surface area contributed by atoms with Gasteiger partial charge in [0.25, 0.3) is 0 Å². The summed E-state index contributed by atoms with van der Waals surface area (Å²) in [4.78, 5) is 2.74. The maximum absolute atomic E-state index is 2.74. The van der Waals surface area contributed by atoms with Crippen LogP contribution in [0.25, 0.3) is 0 Å². The minimum absolute atomic E-state index is 0.865. The summed E-state index contributed by atoms with van der Waals surface area (Å²) in [5, 5.41) is 4.71. The van der Waals surface area contributed by atoms with Crippen molar-refractivity contribution in [2.75, 3.05) is 40.3 Å². The van der Waals surface area contributed by atoms with Crippen LogP contribution in [0.4, 0.5) is 0 Å². The molecule has 0 radical (unpaired) electrons. The number of piperidine rings is 2. The summed E-state index contributed by atoms with van der Waals surface area (Å²) in [5.41, 5.74) is 0. The van der Waals surface area contributed by atoms with Crippen LogP contribution < -0.4 is 0 Å². The Hall–Kier alpha value is -0.120. The van der Waals surface area contributed by atoms with Crippen molar-refractivity contribution < 1.29 is 0 Å². The van der Waals surface area contributed by atoms with Gasteiger partial charge in [0.05, 0.1) is 0 Å². The van der Waals surface area contributed by atoms with E-state index in [1.165, 1.54) is 51.9 Å². The third kappa shape index (κ3) is 2.96. The average Bonchev–Trinajstić information content (AvgIpc) is 2.30. The van der Waals surface area contributed by atoms with Gasteiger partial charge in [-0.15, -0.1) is 0 Å². The summed E-state index contributed by atoms with van der Waals surface area (Å²) >= 11 is 0. The Morgan fingerprint density at radius 3 is 1.94 bits per heavy atom. The number of rotatable bonds is 2. The first-order chi connectivity index (χ1) is 7.66. The summed E-state index contributed by atoms with van der Waals surface area (Å²) in [7, 11) is 4.31. The van der Waals surface area contributed by atoms with Crippen molar-refractivity contribution in [3.05, 3.63) is 0 Å². The zero-order chi connectivity index (χ0) is 11.5. The minimum Gasteiger partial charge on any atom is -0.300 e. The summed E-state index contributed by atoms with van der Waals surface area (Å²) in [6.07, 6.45) is 5.53. The molecule has 0 aromatic carbocycles. The molecule has 94 valence electrons. The van der Waals surface area contributed by atoms with E-state index < -0.39 is 0 Å². The molecule has 2 fully saturated rings. The highest BCUT2D eigenvalue weighted by Gasteiger charge is 2.27. The molecule has 0 spiro atoms. The first-order valence-electron chi connectivity index (χ1n) is 6.83. The lowest BCUT2D eigenvalue weighted by Crippen LogP contribution is -2.50. The summed E-state index contributed by atoms with van der Waals surface area (Å²) < 4.78 is 0. The van der Waals surface area contributed by atoms with Crippen LogP contribution in [0.5, 0.6) is 0 Å². The van der Waals surface area contributed by atoms with Gasteiger partial charge < -0.3 is 4.90 Å². The Balaban J connectivity index is 1.76. The van der Waals surface area contributed by atoms with Gasteiger partial charge in [0, 0.05) is 33.2 Å². The molecule has 3 heteroatoms. The third-order valence-electron chi connectivity index (χ3n) is 4.34. The van der Waals surface area contributed by atoms with E-state index in [4.69, 9.17) is 0 Å². The van der Waals surface area contributed by atoms with E-state index in [0.717, 1.165) is 12.0 Å². The van der Waals surface area contributed by atoms with Crippen molar-refractivity contribution >= 4 is 0 Å². The van der Waals surface area contributed by atoms with Crippen molar-refractivity contribution in [1.82, 2.24) is 14.9 Å². The Kier molecular flexibility index (Phi) is 4.22. The van der Waals surface area contributed by atoms with E-state index in [0.29, 0.717) is 0 Å². The number of hydrogen-bond donors (Lipinski definition) is 0. The molecule has 0 amide bonds. The van der Waals surface area contributed by atoms with Crippen molar-refractivity contribution in [3.8, 4) is 0 Å². The van der Waals surface area contributed by atoms with Crippen LogP contribution in [-0.4, -0.2) is 61.2 Å². The van der Waals surface area contributed by atoms with Crippen LogP contribution >= 0.6 is 0 Å². The van der Waals surface area contributed by atoms with Crippen molar-refractivity contribution in [2.24, 2.45) is 5.92 Å². The van der Waals surface area contributed by atoms with Gasteiger partial charge in [-0.3, -0.25) is 0 Å². The highest BCUT2D eigenvalue weighted by molar-refractivity contribution is 4.81. The molecular weight excluding hydrogens is 198 g/mol. The predicted molar refractivity (Wildman–Crippen MR) is 68.3 cm³/mol. The average molecular weight is 225 g/mol. The fourth-order valence-electron chi connectivity index (χ4n) is 3.01. The molecule has 0 aromatic rings. The summed E-state index contributed by atoms with van der Waals surface area (Å²) in [6, 6.07) is 0.865. The lowest BCUT2D eigenvalue weighted by atomic mass is 9.95. The molecule has 0 aliphatic carbocycles. The second-order valence-corrected chi connectivity index (χ2v) is 5.75. The van der Waals surface area contributed by atoms with Crippen LogP contribution in [0.3, 0.4) is 0 Å². The number of hydrazine groups is 1.